The van der Waals surface area contributed by atoms with Gasteiger partial charge in [-0.3, -0.25) is 0 Å². The van der Waals surface area contributed by atoms with E-state index in [9.17, 15) is 0 Å². The van der Waals surface area contributed by atoms with E-state index in [0.29, 0.717) is 0 Å². The summed E-state index contributed by atoms with van der Waals surface area (Å²) in [7, 11) is 1.68. The van der Waals surface area contributed by atoms with Gasteiger partial charge in [0.15, 0.2) is 0 Å². The molecule has 0 bridgehead atoms. The van der Waals surface area contributed by atoms with Gasteiger partial charge in [0.25, 0.3) is 0 Å². The Hall–Kier alpha value is -2.48. The molecule has 24 heavy (non-hydrogen) atoms. The molecule has 0 unspecified atom stereocenters. The number of allylic oxidation sites excluding steroid dienone is 2. The smallest absolute Gasteiger partial charge is 0.126 e. The fourth-order valence-electron chi connectivity index (χ4n) is 2.31. The quantitative estimate of drug-likeness (QED) is 0.427. The lowest BCUT2D eigenvalue weighted by molar-refractivity contribution is 0.415. The molecular weight excluding hydrogens is 296 g/mol. The summed E-state index contributed by atoms with van der Waals surface area (Å²) in [6.07, 6.45) is 9.43. The predicted octanol–water partition coefficient (Wildman–Crippen LogP) is 6.17. The van der Waals surface area contributed by atoms with Gasteiger partial charge in [0.1, 0.15) is 11.5 Å². The molecule has 2 rings (SSSR count). The maximum absolute atomic E-state index is 5.84. The van der Waals surface area contributed by atoms with Crippen LogP contribution >= 0.6 is 0 Å². The van der Waals surface area contributed by atoms with Crippen molar-refractivity contribution in [2.75, 3.05) is 7.11 Å². The summed E-state index contributed by atoms with van der Waals surface area (Å²) in [5.41, 5.74) is 3.53. The van der Waals surface area contributed by atoms with Gasteiger partial charge < -0.3 is 9.47 Å². The van der Waals surface area contributed by atoms with Crippen LogP contribution in [0.2, 0.25) is 0 Å². The number of ether oxygens (including phenoxy) is 2. The van der Waals surface area contributed by atoms with Crippen molar-refractivity contribution in [3.63, 3.8) is 0 Å². The SMILES string of the molecule is CCCCC(/C=C/c1ccc(OC)cc1)=C\Oc1cccc(C)c1. The minimum absolute atomic E-state index is 0.872. The highest BCUT2D eigenvalue weighted by Gasteiger charge is 1.97. The van der Waals surface area contributed by atoms with Crippen LogP contribution in [0.3, 0.4) is 0 Å². The Morgan fingerprint density at radius 1 is 1.04 bits per heavy atom. The molecule has 2 aromatic rings. The third-order valence-corrected chi connectivity index (χ3v) is 3.76. The Morgan fingerprint density at radius 2 is 1.83 bits per heavy atom. The number of unbranched alkanes of at least 4 members (excludes halogenated alkanes) is 1. The van der Waals surface area contributed by atoms with Gasteiger partial charge in [-0.2, -0.15) is 0 Å². The van der Waals surface area contributed by atoms with Gasteiger partial charge in [0.05, 0.1) is 13.4 Å². The second kappa shape index (κ2) is 9.61. The molecule has 2 heteroatoms. The summed E-state index contributed by atoms with van der Waals surface area (Å²) < 4.78 is 11.0. The lowest BCUT2D eigenvalue weighted by Crippen LogP contribution is -1.88. The van der Waals surface area contributed by atoms with E-state index in [2.05, 4.69) is 32.1 Å². The molecule has 2 aromatic carbocycles. The van der Waals surface area contributed by atoms with Gasteiger partial charge >= 0.3 is 0 Å². The van der Waals surface area contributed by atoms with Crippen LogP contribution in [-0.2, 0) is 0 Å². The zero-order valence-corrected chi connectivity index (χ0v) is 14.8. The lowest BCUT2D eigenvalue weighted by Gasteiger charge is -2.05. The molecule has 0 aromatic heterocycles. The van der Waals surface area contributed by atoms with Crippen molar-refractivity contribution in [3.8, 4) is 11.5 Å². The molecule has 0 atom stereocenters. The normalized spacial score (nSPS) is 11.7. The fourth-order valence-corrected chi connectivity index (χ4v) is 2.31. The van der Waals surface area contributed by atoms with E-state index in [1.165, 1.54) is 11.1 Å². The Morgan fingerprint density at radius 3 is 2.50 bits per heavy atom. The van der Waals surface area contributed by atoms with Crippen LogP contribution in [0.25, 0.3) is 6.08 Å². The molecule has 0 radical (unpaired) electrons. The molecule has 2 nitrogen and oxygen atoms in total. The van der Waals surface area contributed by atoms with Crippen molar-refractivity contribution in [2.24, 2.45) is 0 Å². The molecule has 0 aliphatic rings. The average molecular weight is 322 g/mol. The van der Waals surface area contributed by atoms with Gasteiger partial charge in [0.2, 0.25) is 0 Å². The van der Waals surface area contributed by atoms with E-state index in [-0.39, 0.29) is 0 Å². The maximum Gasteiger partial charge on any atom is 0.126 e. The van der Waals surface area contributed by atoms with Crippen molar-refractivity contribution < 1.29 is 9.47 Å². The van der Waals surface area contributed by atoms with Crippen molar-refractivity contribution >= 4 is 6.08 Å². The maximum atomic E-state index is 5.84. The lowest BCUT2D eigenvalue weighted by atomic mass is 10.1. The zero-order chi connectivity index (χ0) is 17.2. The summed E-state index contributed by atoms with van der Waals surface area (Å²) in [4.78, 5) is 0. The highest BCUT2D eigenvalue weighted by atomic mass is 16.5. The second-order valence-corrected chi connectivity index (χ2v) is 5.84. The molecule has 0 saturated heterocycles. The molecule has 0 saturated carbocycles. The van der Waals surface area contributed by atoms with Gasteiger partial charge in [-0.1, -0.05) is 49.8 Å². The first-order valence-electron chi connectivity index (χ1n) is 8.45. The van der Waals surface area contributed by atoms with Crippen LogP contribution in [-0.4, -0.2) is 7.11 Å². The van der Waals surface area contributed by atoms with Crippen molar-refractivity contribution in [1.82, 2.24) is 0 Å². The predicted molar refractivity (Wildman–Crippen MR) is 101 cm³/mol. The van der Waals surface area contributed by atoms with E-state index >= 15 is 0 Å². The number of hydrogen-bond donors (Lipinski definition) is 0. The van der Waals surface area contributed by atoms with Crippen LogP contribution < -0.4 is 9.47 Å². The minimum atomic E-state index is 0.872. The molecule has 0 aliphatic heterocycles. The molecular formula is C22H26O2. The molecule has 0 aliphatic carbocycles. The van der Waals surface area contributed by atoms with Crippen LogP contribution in [0.4, 0.5) is 0 Å². The first-order valence-corrected chi connectivity index (χ1v) is 8.45. The van der Waals surface area contributed by atoms with Crippen LogP contribution in [0.5, 0.6) is 11.5 Å². The Kier molecular flexibility index (Phi) is 7.16. The van der Waals surface area contributed by atoms with Gasteiger partial charge in [-0.25, -0.2) is 0 Å². The Bertz CT molecular complexity index is 681. The monoisotopic (exact) mass is 322 g/mol. The van der Waals surface area contributed by atoms with Crippen molar-refractivity contribution in [3.05, 3.63) is 77.6 Å². The molecule has 0 N–H and O–H groups in total. The summed E-state index contributed by atoms with van der Waals surface area (Å²) in [6.45, 7) is 4.27. The average Bonchev–Trinajstić information content (AvgIpc) is 2.61. The van der Waals surface area contributed by atoms with Crippen LogP contribution in [0, 0.1) is 6.92 Å². The third kappa shape index (κ3) is 5.96. The first kappa shape index (κ1) is 17.9. The van der Waals surface area contributed by atoms with E-state index in [0.717, 1.165) is 36.3 Å². The van der Waals surface area contributed by atoms with Gasteiger partial charge in [0, 0.05) is 0 Å². The van der Waals surface area contributed by atoms with Gasteiger partial charge in [-0.15, -0.1) is 0 Å². The number of aryl methyl sites for hydroxylation is 1. The number of hydrogen-bond acceptors (Lipinski definition) is 2. The van der Waals surface area contributed by atoms with Crippen LogP contribution in [0.1, 0.15) is 37.3 Å². The largest absolute Gasteiger partial charge is 0.497 e. The summed E-state index contributed by atoms with van der Waals surface area (Å²) in [5, 5.41) is 0. The number of rotatable bonds is 8. The molecule has 0 spiro atoms. The first-order chi connectivity index (χ1) is 11.7. The van der Waals surface area contributed by atoms with Gasteiger partial charge in [-0.05, 0) is 60.7 Å². The summed E-state index contributed by atoms with van der Waals surface area (Å²) in [5.74, 6) is 1.75. The topological polar surface area (TPSA) is 18.5 Å². The third-order valence-electron chi connectivity index (χ3n) is 3.76. The molecule has 126 valence electrons. The van der Waals surface area contributed by atoms with Crippen LogP contribution in [0.15, 0.2) is 66.4 Å². The fraction of sp³-hybridized carbons (Fsp3) is 0.273. The molecule has 0 heterocycles. The number of methoxy groups -OCH3 is 1. The Labute approximate surface area is 145 Å². The van der Waals surface area contributed by atoms with E-state index in [4.69, 9.17) is 9.47 Å². The van der Waals surface area contributed by atoms with E-state index < -0.39 is 0 Å². The summed E-state index contributed by atoms with van der Waals surface area (Å²) in [6, 6.07) is 16.1. The van der Waals surface area contributed by atoms with E-state index in [1.54, 1.807) is 7.11 Å². The minimum Gasteiger partial charge on any atom is -0.497 e. The van der Waals surface area contributed by atoms with Crippen molar-refractivity contribution in [1.29, 1.82) is 0 Å². The molecule has 0 fully saturated rings. The summed E-state index contributed by atoms with van der Waals surface area (Å²) >= 11 is 0. The van der Waals surface area contributed by atoms with E-state index in [1.807, 2.05) is 48.7 Å². The highest BCUT2D eigenvalue weighted by molar-refractivity contribution is 5.53. The Balaban J connectivity index is 2.08. The molecule has 0 amide bonds. The standard InChI is InChI=1S/C22H26O2/c1-4-5-8-20(17-24-22-9-6-7-18(2)16-22)11-10-19-12-14-21(23-3)15-13-19/h6-7,9-17H,4-5,8H2,1-3H3/b11-10+,20-17+. The highest BCUT2D eigenvalue weighted by Crippen LogP contribution is 2.17. The van der Waals surface area contributed by atoms with Crippen molar-refractivity contribution in [2.45, 2.75) is 33.1 Å². The number of benzene rings is 2. The second-order valence-electron chi connectivity index (χ2n) is 5.84. The zero-order valence-electron chi connectivity index (χ0n) is 14.8.